The van der Waals surface area contributed by atoms with E-state index in [1.807, 2.05) is 39.0 Å². The first kappa shape index (κ1) is 19.2. The zero-order valence-electron chi connectivity index (χ0n) is 16.7. The third-order valence-electron chi connectivity index (χ3n) is 5.52. The zero-order chi connectivity index (χ0) is 19.6. The smallest absolute Gasteiger partial charge is 0.253 e. The van der Waals surface area contributed by atoms with E-state index in [0.717, 1.165) is 22.5 Å². The van der Waals surface area contributed by atoms with Gasteiger partial charge in [0.25, 0.3) is 11.5 Å². The Morgan fingerprint density at radius 3 is 2.52 bits per heavy atom. The average Bonchev–Trinajstić information content (AvgIpc) is 3.14. The third-order valence-corrected chi connectivity index (χ3v) is 5.52. The highest BCUT2D eigenvalue weighted by atomic mass is 16.1. The van der Waals surface area contributed by atoms with E-state index in [4.69, 9.17) is 0 Å². The molecular weight excluding hydrogens is 338 g/mol. The summed E-state index contributed by atoms with van der Waals surface area (Å²) in [6.45, 7) is 5.98. The molecule has 0 bridgehead atoms. The molecule has 144 valence electrons. The van der Waals surface area contributed by atoms with Crippen molar-refractivity contribution in [1.29, 1.82) is 0 Å². The Labute approximate surface area is 160 Å². The summed E-state index contributed by atoms with van der Waals surface area (Å²) < 4.78 is 0. The number of nitrogens with one attached hydrogen (secondary N) is 2. The van der Waals surface area contributed by atoms with Crippen molar-refractivity contribution < 1.29 is 4.79 Å². The quantitative estimate of drug-likeness (QED) is 0.848. The minimum Gasteiger partial charge on any atom is -0.372 e. The molecule has 5 nitrogen and oxygen atoms in total. The maximum absolute atomic E-state index is 12.7. The first-order valence-electron chi connectivity index (χ1n) is 9.67. The number of aromatic nitrogens is 1. The molecule has 1 amide bonds. The molecule has 1 aromatic carbocycles. The predicted molar refractivity (Wildman–Crippen MR) is 110 cm³/mol. The number of rotatable bonds is 5. The maximum Gasteiger partial charge on any atom is 0.253 e. The molecule has 1 aromatic heterocycles. The summed E-state index contributed by atoms with van der Waals surface area (Å²) in [5.41, 5.74) is 4.95. The Bertz CT molecular complexity index is 895. The van der Waals surface area contributed by atoms with Crippen LogP contribution in [0.3, 0.4) is 0 Å². The van der Waals surface area contributed by atoms with Gasteiger partial charge in [-0.05, 0) is 69.0 Å². The van der Waals surface area contributed by atoms with Gasteiger partial charge in [-0.2, -0.15) is 0 Å². The second-order valence-corrected chi connectivity index (χ2v) is 7.73. The van der Waals surface area contributed by atoms with Crippen LogP contribution in [0.5, 0.6) is 0 Å². The summed E-state index contributed by atoms with van der Waals surface area (Å²) in [6.07, 6.45) is 4.97. The van der Waals surface area contributed by atoms with Crippen molar-refractivity contribution in [1.82, 2.24) is 10.3 Å². The molecule has 27 heavy (non-hydrogen) atoms. The molecule has 1 fully saturated rings. The maximum atomic E-state index is 12.7. The van der Waals surface area contributed by atoms with Crippen LogP contribution in [0.2, 0.25) is 0 Å². The zero-order valence-corrected chi connectivity index (χ0v) is 16.7. The van der Waals surface area contributed by atoms with Gasteiger partial charge in [-0.1, -0.05) is 12.8 Å². The minimum atomic E-state index is -0.154. The fraction of sp³-hybridized carbons (Fsp3) is 0.455. The largest absolute Gasteiger partial charge is 0.372 e. The molecule has 2 aromatic rings. The molecule has 1 heterocycles. The van der Waals surface area contributed by atoms with Gasteiger partial charge in [0.05, 0.1) is 0 Å². The van der Waals surface area contributed by atoms with Crippen molar-refractivity contribution >= 4 is 11.6 Å². The van der Waals surface area contributed by atoms with Gasteiger partial charge in [0, 0.05) is 42.1 Å². The lowest BCUT2D eigenvalue weighted by Gasteiger charge is -2.27. The van der Waals surface area contributed by atoms with Gasteiger partial charge in [0.2, 0.25) is 0 Å². The van der Waals surface area contributed by atoms with E-state index in [2.05, 4.69) is 28.3 Å². The normalized spacial score (nSPS) is 14.4. The molecule has 1 aliphatic rings. The molecular formula is C22H29N3O2. The van der Waals surface area contributed by atoms with Crippen LogP contribution in [0.15, 0.2) is 29.1 Å². The number of amides is 1. The Hall–Kier alpha value is -2.56. The van der Waals surface area contributed by atoms with Crippen molar-refractivity contribution in [2.24, 2.45) is 0 Å². The predicted octanol–water partition coefficient (Wildman–Crippen LogP) is 3.61. The van der Waals surface area contributed by atoms with Crippen molar-refractivity contribution in [2.45, 2.75) is 59.0 Å². The Kier molecular flexibility index (Phi) is 5.68. The number of hydrogen-bond acceptors (Lipinski definition) is 3. The number of pyridine rings is 1. The van der Waals surface area contributed by atoms with Crippen molar-refractivity contribution in [3.8, 4) is 0 Å². The SMILES string of the molecule is Cc1cc(C(=O)NCc2c(C)cc(C)[nH]c2=O)cc(N(C)C2CCCC2)c1. The average molecular weight is 367 g/mol. The van der Waals surface area contributed by atoms with Crippen LogP contribution in [0, 0.1) is 20.8 Å². The summed E-state index contributed by atoms with van der Waals surface area (Å²) in [7, 11) is 2.11. The van der Waals surface area contributed by atoms with Gasteiger partial charge in [0.1, 0.15) is 0 Å². The standard InChI is InChI=1S/C22H29N3O2/c1-14-9-17(12-19(10-14)25(4)18-7-5-6-8-18)21(26)23-13-20-15(2)11-16(3)24-22(20)27/h9-12,18H,5-8,13H2,1-4H3,(H,23,26)(H,24,27). The van der Waals surface area contributed by atoms with Crippen molar-refractivity contribution in [3.63, 3.8) is 0 Å². The molecule has 0 saturated heterocycles. The molecule has 0 aliphatic heterocycles. The van der Waals surface area contributed by atoms with Crippen LogP contribution in [0.1, 0.15) is 58.4 Å². The van der Waals surface area contributed by atoms with Crippen LogP contribution >= 0.6 is 0 Å². The number of benzene rings is 1. The van der Waals surface area contributed by atoms with E-state index in [9.17, 15) is 9.59 Å². The molecule has 0 radical (unpaired) electrons. The molecule has 1 aliphatic carbocycles. The summed E-state index contributed by atoms with van der Waals surface area (Å²) in [4.78, 5) is 29.9. The van der Waals surface area contributed by atoms with Gasteiger partial charge in [-0.3, -0.25) is 9.59 Å². The highest BCUT2D eigenvalue weighted by Crippen LogP contribution is 2.28. The fourth-order valence-electron chi connectivity index (χ4n) is 3.97. The summed E-state index contributed by atoms with van der Waals surface area (Å²) in [5, 5.41) is 2.90. The van der Waals surface area contributed by atoms with Gasteiger partial charge in [-0.25, -0.2) is 0 Å². The topological polar surface area (TPSA) is 65.2 Å². The Balaban J connectivity index is 1.76. The van der Waals surface area contributed by atoms with Gasteiger partial charge < -0.3 is 15.2 Å². The molecule has 1 saturated carbocycles. The number of H-pyrrole nitrogens is 1. The van der Waals surface area contributed by atoms with Gasteiger partial charge in [0.15, 0.2) is 0 Å². The van der Waals surface area contributed by atoms with Crippen LogP contribution < -0.4 is 15.8 Å². The second kappa shape index (κ2) is 7.99. The molecule has 5 heteroatoms. The van der Waals surface area contributed by atoms with Crippen molar-refractivity contribution in [3.05, 3.63) is 62.6 Å². The van der Waals surface area contributed by atoms with E-state index in [1.54, 1.807) is 0 Å². The van der Waals surface area contributed by atoms with E-state index in [-0.39, 0.29) is 18.0 Å². The highest BCUT2D eigenvalue weighted by molar-refractivity contribution is 5.95. The first-order chi connectivity index (χ1) is 12.8. The molecule has 0 spiro atoms. The molecule has 2 N–H and O–H groups in total. The summed E-state index contributed by atoms with van der Waals surface area (Å²) in [6, 6.07) is 8.45. The second-order valence-electron chi connectivity index (χ2n) is 7.73. The van der Waals surface area contributed by atoms with Gasteiger partial charge >= 0.3 is 0 Å². The Morgan fingerprint density at radius 1 is 1.15 bits per heavy atom. The minimum absolute atomic E-state index is 0.140. The molecule has 0 unspecified atom stereocenters. The third kappa shape index (κ3) is 4.41. The van der Waals surface area contributed by atoms with Crippen LogP contribution in [-0.4, -0.2) is 24.0 Å². The fourth-order valence-corrected chi connectivity index (χ4v) is 3.97. The highest BCUT2D eigenvalue weighted by Gasteiger charge is 2.21. The van der Waals surface area contributed by atoms with Crippen LogP contribution in [0.4, 0.5) is 5.69 Å². The van der Waals surface area contributed by atoms with Crippen molar-refractivity contribution in [2.75, 3.05) is 11.9 Å². The number of nitrogens with zero attached hydrogens (tertiary/aromatic N) is 1. The van der Waals surface area contributed by atoms with E-state index in [1.165, 1.54) is 25.7 Å². The lowest BCUT2D eigenvalue weighted by molar-refractivity contribution is 0.0950. The lowest BCUT2D eigenvalue weighted by Crippen LogP contribution is -2.30. The summed E-state index contributed by atoms with van der Waals surface area (Å²) in [5.74, 6) is -0.154. The van der Waals surface area contributed by atoms with Crippen LogP contribution in [0.25, 0.3) is 0 Å². The number of anilines is 1. The molecule has 0 atom stereocenters. The Morgan fingerprint density at radius 2 is 1.85 bits per heavy atom. The number of aromatic amines is 1. The summed E-state index contributed by atoms with van der Waals surface area (Å²) >= 11 is 0. The number of aryl methyl sites for hydroxylation is 3. The first-order valence-corrected chi connectivity index (χ1v) is 9.67. The van der Waals surface area contributed by atoms with E-state index >= 15 is 0 Å². The number of carbonyl (C=O) groups excluding carboxylic acids is 1. The number of hydrogen-bond donors (Lipinski definition) is 2. The molecule has 3 rings (SSSR count). The lowest BCUT2D eigenvalue weighted by atomic mass is 10.1. The monoisotopic (exact) mass is 367 g/mol. The number of carbonyl (C=O) groups is 1. The van der Waals surface area contributed by atoms with E-state index < -0.39 is 0 Å². The van der Waals surface area contributed by atoms with Gasteiger partial charge in [-0.15, -0.1) is 0 Å². The van der Waals surface area contributed by atoms with Crippen LogP contribution in [-0.2, 0) is 6.54 Å². The van der Waals surface area contributed by atoms with E-state index in [0.29, 0.717) is 17.2 Å².